The first kappa shape index (κ1) is 62.1. The minimum Gasteiger partial charge on any atom is -0.462 e. The summed E-state index contributed by atoms with van der Waals surface area (Å²) in [4.78, 5) is 38.1. The molecule has 0 amide bonds. The third-order valence-corrected chi connectivity index (χ3v) is 12.0. The standard InChI is InChI=1S/C59H104O6/c1-4-7-10-13-16-19-22-24-26-28-29-31-32-34-37-40-43-46-49-52-58(61)64-55-56(54-63-57(60)51-48-45-42-39-36-21-18-15-12-9-6-3)65-59(62)53-50-47-44-41-38-35-33-30-27-25-23-20-17-14-11-8-5-2/h15-20,24-27,56H,4-14,21-23,28-55H2,1-3H3/b18-15-,19-16-,20-17-,26-24-,27-25-. The van der Waals surface area contributed by atoms with E-state index in [0.717, 1.165) is 83.5 Å². The van der Waals surface area contributed by atoms with Crippen LogP contribution in [0.2, 0.25) is 0 Å². The van der Waals surface area contributed by atoms with Gasteiger partial charge in [0.2, 0.25) is 0 Å². The van der Waals surface area contributed by atoms with Gasteiger partial charge in [0.25, 0.3) is 0 Å². The molecule has 0 saturated carbocycles. The lowest BCUT2D eigenvalue weighted by atomic mass is 10.1. The van der Waals surface area contributed by atoms with E-state index >= 15 is 0 Å². The Balaban J connectivity index is 4.35. The summed E-state index contributed by atoms with van der Waals surface area (Å²) in [6.07, 6.45) is 66.3. The lowest BCUT2D eigenvalue weighted by Gasteiger charge is -2.18. The first-order valence-corrected chi connectivity index (χ1v) is 27.8. The zero-order valence-electron chi connectivity index (χ0n) is 43.0. The van der Waals surface area contributed by atoms with Crippen LogP contribution in [0.4, 0.5) is 0 Å². The molecule has 6 heteroatoms. The van der Waals surface area contributed by atoms with Gasteiger partial charge in [-0.3, -0.25) is 14.4 Å². The van der Waals surface area contributed by atoms with Crippen molar-refractivity contribution < 1.29 is 28.6 Å². The first-order chi connectivity index (χ1) is 32.0. The molecule has 376 valence electrons. The Morgan fingerprint density at radius 1 is 0.308 bits per heavy atom. The molecule has 0 heterocycles. The Kier molecular flexibility index (Phi) is 51.3. The van der Waals surface area contributed by atoms with Crippen LogP contribution >= 0.6 is 0 Å². The van der Waals surface area contributed by atoms with Crippen molar-refractivity contribution in [1.82, 2.24) is 0 Å². The van der Waals surface area contributed by atoms with Gasteiger partial charge in [0.05, 0.1) is 0 Å². The molecule has 0 aromatic carbocycles. The van der Waals surface area contributed by atoms with Gasteiger partial charge < -0.3 is 14.2 Å². The number of carbonyl (C=O) groups is 3. The molecule has 0 aliphatic carbocycles. The number of carbonyl (C=O) groups excluding carboxylic acids is 3. The van der Waals surface area contributed by atoms with Gasteiger partial charge in [-0.05, 0) is 103 Å². The lowest BCUT2D eigenvalue weighted by Crippen LogP contribution is -2.30. The van der Waals surface area contributed by atoms with Crippen LogP contribution in [0.3, 0.4) is 0 Å². The minimum atomic E-state index is -0.782. The smallest absolute Gasteiger partial charge is 0.306 e. The number of esters is 3. The van der Waals surface area contributed by atoms with Crippen LogP contribution in [0.5, 0.6) is 0 Å². The van der Waals surface area contributed by atoms with E-state index < -0.39 is 6.10 Å². The van der Waals surface area contributed by atoms with Crippen LogP contribution in [0.15, 0.2) is 60.8 Å². The van der Waals surface area contributed by atoms with E-state index in [1.165, 1.54) is 154 Å². The Bertz CT molecular complexity index is 1180. The van der Waals surface area contributed by atoms with Crippen LogP contribution in [0.1, 0.15) is 278 Å². The molecule has 0 rings (SSSR count). The molecule has 0 fully saturated rings. The van der Waals surface area contributed by atoms with E-state index in [1.807, 2.05) is 0 Å². The van der Waals surface area contributed by atoms with Gasteiger partial charge in [-0.1, -0.05) is 216 Å². The monoisotopic (exact) mass is 909 g/mol. The van der Waals surface area contributed by atoms with Crippen LogP contribution in [-0.2, 0) is 28.6 Å². The third-order valence-electron chi connectivity index (χ3n) is 12.0. The third kappa shape index (κ3) is 51.9. The van der Waals surface area contributed by atoms with E-state index in [9.17, 15) is 14.4 Å². The van der Waals surface area contributed by atoms with Gasteiger partial charge in [0, 0.05) is 19.3 Å². The maximum Gasteiger partial charge on any atom is 0.306 e. The van der Waals surface area contributed by atoms with Crippen molar-refractivity contribution in [3.05, 3.63) is 60.8 Å². The van der Waals surface area contributed by atoms with E-state index in [0.29, 0.717) is 19.3 Å². The maximum absolute atomic E-state index is 12.8. The summed E-state index contributed by atoms with van der Waals surface area (Å²) >= 11 is 0. The number of unbranched alkanes of at least 4 members (excludes halogenated alkanes) is 29. The summed E-state index contributed by atoms with van der Waals surface area (Å²) in [5, 5.41) is 0. The molecule has 6 nitrogen and oxygen atoms in total. The van der Waals surface area contributed by atoms with Crippen molar-refractivity contribution in [3.8, 4) is 0 Å². The Morgan fingerprint density at radius 3 is 0.908 bits per heavy atom. The summed E-state index contributed by atoms with van der Waals surface area (Å²) < 4.78 is 16.8. The van der Waals surface area contributed by atoms with E-state index in [-0.39, 0.29) is 31.1 Å². The van der Waals surface area contributed by atoms with Crippen molar-refractivity contribution in [3.63, 3.8) is 0 Å². The number of hydrogen-bond donors (Lipinski definition) is 0. The fourth-order valence-electron chi connectivity index (χ4n) is 7.72. The normalized spacial score (nSPS) is 12.5. The van der Waals surface area contributed by atoms with Gasteiger partial charge in [0.1, 0.15) is 13.2 Å². The van der Waals surface area contributed by atoms with Crippen LogP contribution in [0.25, 0.3) is 0 Å². The van der Waals surface area contributed by atoms with Gasteiger partial charge in [0.15, 0.2) is 6.10 Å². The highest BCUT2D eigenvalue weighted by atomic mass is 16.6. The summed E-state index contributed by atoms with van der Waals surface area (Å²) in [6.45, 7) is 6.55. The highest BCUT2D eigenvalue weighted by Gasteiger charge is 2.19. The molecule has 65 heavy (non-hydrogen) atoms. The van der Waals surface area contributed by atoms with Gasteiger partial charge in [-0.2, -0.15) is 0 Å². The lowest BCUT2D eigenvalue weighted by molar-refractivity contribution is -0.167. The average molecular weight is 909 g/mol. The van der Waals surface area contributed by atoms with E-state index in [1.54, 1.807) is 0 Å². The highest BCUT2D eigenvalue weighted by molar-refractivity contribution is 5.71. The number of allylic oxidation sites excluding steroid dienone is 10. The molecule has 0 N–H and O–H groups in total. The molecular weight excluding hydrogens is 805 g/mol. The second-order valence-corrected chi connectivity index (χ2v) is 18.5. The fraction of sp³-hybridized carbons (Fsp3) is 0.780. The Labute approximate surface area is 402 Å². The zero-order chi connectivity index (χ0) is 47.2. The number of ether oxygens (including phenoxy) is 3. The highest BCUT2D eigenvalue weighted by Crippen LogP contribution is 2.15. The zero-order valence-corrected chi connectivity index (χ0v) is 43.0. The maximum atomic E-state index is 12.8. The fourth-order valence-corrected chi connectivity index (χ4v) is 7.72. The molecule has 0 radical (unpaired) electrons. The molecule has 0 aromatic rings. The molecule has 0 saturated heterocycles. The quantitative estimate of drug-likeness (QED) is 0.0262. The SMILES string of the molecule is CCCC/C=C\CCCCCCCC(=O)OCC(COC(=O)CCCCCCCCCCC/C=C\C/C=C\CCCCC)OC(=O)CCCCCCCCC/C=C\C/C=C\CCCCC. The molecule has 0 aliphatic heterocycles. The summed E-state index contributed by atoms with van der Waals surface area (Å²) in [6, 6.07) is 0. The van der Waals surface area contributed by atoms with E-state index in [4.69, 9.17) is 14.2 Å². The molecular formula is C59H104O6. The largest absolute Gasteiger partial charge is 0.462 e. The Morgan fingerprint density at radius 2 is 0.569 bits per heavy atom. The molecule has 1 unspecified atom stereocenters. The van der Waals surface area contributed by atoms with Gasteiger partial charge >= 0.3 is 17.9 Å². The second-order valence-electron chi connectivity index (χ2n) is 18.5. The van der Waals surface area contributed by atoms with Crippen LogP contribution in [-0.4, -0.2) is 37.2 Å². The van der Waals surface area contributed by atoms with E-state index in [2.05, 4.69) is 81.5 Å². The molecule has 1 atom stereocenters. The molecule has 0 spiro atoms. The summed E-state index contributed by atoms with van der Waals surface area (Å²) in [7, 11) is 0. The van der Waals surface area contributed by atoms with Gasteiger partial charge in [-0.15, -0.1) is 0 Å². The molecule has 0 aliphatic rings. The molecule has 0 aromatic heterocycles. The summed E-state index contributed by atoms with van der Waals surface area (Å²) in [5.74, 6) is -0.896. The second kappa shape index (κ2) is 53.7. The van der Waals surface area contributed by atoms with Crippen LogP contribution in [0, 0.1) is 0 Å². The van der Waals surface area contributed by atoms with Gasteiger partial charge in [-0.25, -0.2) is 0 Å². The predicted octanol–water partition coefficient (Wildman–Crippen LogP) is 18.4. The minimum absolute atomic E-state index is 0.0817. The number of rotatable bonds is 50. The van der Waals surface area contributed by atoms with Crippen molar-refractivity contribution in [2.24, 2.45) is 0 Å². The predicted molar refractivity (Wildman–Crippen MR) is 279 cm³/mol. The first-order valence-electron chi connectivity index (χ1n) is 27.8. The van der Waals surface area contributed by atoms with Crippen molar-refractivity contribution >= 4 is 17.9 Å². The van der Waals surface area contributed by atoms with Crippen molar-refractivity contribution in [1.29, 1.82) is 0 Å². The summed E-state index contributed by atoms with van der Waals surface area (Å²) in [5.41, 5.74) is 0. The van der Waals surface area contributed by atoms with Crippen molar-refractivity contribution in [2.45, 2.75) is 284 Å². The number of hydrogen-bond acceptors (Lipinski definition) is 6. The topological polar surface area (TPSA) is 78.9 Å². The average Bonchev–Trinajstić information content (AvgIpc) is 3.30. The van der Waals surface area contributed by atoms with Crippen molar-refractivity contribution in [2.75, 3.05) is 13.2 Å². The van der Waals surface area contributed by atoms with Crippen LogP contribution < -0.4 is 0 Å². The molecule has 0 bridgehead atoms. The Hall–Kier alpha value is -2.89.